The fourth-order valence-corrected chi connectivity index (χ4v) is 4.59. The number of ketones is 1. The maximum Gasteiger partial charge on any atom is 0.389 e. The summed E-state index contributed by atoms with van der Waals surface area (Å²) in [6.07, 6.45) is -4.26. The van der Waals surface area contributed by atoms with Crippen LogP contribution in [0.2, 0.25) is 0 Å². The highest BCUT2D eigenvalue weighted by Gasteiger charge is 2.42. The van der Waals surface area contributed by atoms with Crippen molar-refractivity contribution in [3.63, 3.8) is 0 Å². The quantitative estimate of drug-likeness (QED) is 0.509. The van der Waals surface area contributed by atoms with Gasteiger partial charge in [0.1, 0.15) is 21.8 Å². The summed E-state index contributed by atoms with van der Waals surface area (Å²) >= 11 is 0. The predicted octanol–water partition coefficient (Wildman–Crippen LogP) is 4.10. The van der Waals surface area contributed by atoms with E-state index in [2.05, 4.69) is 5.16 Å². The molecule has 1 unspecified atom stereocenters. The second-order valence-electron chi connectivity index (χ2n) is 8.75. The molecule has 11 heteroatoms. The number of hydrogen-bond acceptors (Lipinski definition) is 7. The Morgan fingerprint density at radius 3 is 2.48 bits per heavy atom. The first-order chi connectivity index (χ1) is 14.1. The largest absolute Gasteiger partial charge is 0.389 e. The molecule has 1 fully saturated rings. The summed E-state index contributed by atoms with van der Waals surface area (Å²) in [5.74, 6) is -1.26. The number of carbonyl (C=O) groups excluding carboxylic acids is 1. The standard InChI is InChI=1S/C20H30F3NO6S/c1-18(2,29-17-8-5-6-10-28-17)15-12-14(30-24-15)13-16(25)19(3,4)31(26,27)11-7-9-20(21,22)23/h12,17H,5-11,13H2,1-4H3. The zero-order valence-corrected chi connectivity index (χ0v) is 19.1. The smallest absolute Gasteiger partial charge is 0.361 e. The van der Waals surface area contributed by atoms with Crippen molar-refractivity contribution >= 4 is 15.6 Å². The van der Waals surface area contributed by atoms with Crippen molar-refractivity contribution in [3.8, 4) is 0 Å². The van der Waals surface area contributed by atoms with Gasteiger partial charge < -0.3 is 14.0 Å². The first-order valence-corrected chi connectivity index (χ1v) is 11.9. The highest BCUT2D eigenvalue weighted by Crippen LogP contribution is 2.30. The molecule has 0 bridgehead atoms. The lowest BCUT2D eigenvalue weighted by Gasteiger charge is -2.31. The molecule has 0 N–H and O–H groups in total. The van der Waals surface area contributed by atoms with E-state index in [1.54, 1.807) is 13.8 Å². The summed E-state index contributed by atoms with van der Waals surface area (Å²) < 4.78 is 76.8. The molecule has 1 saturated heterocycles. The first kappa shape index (κ1) is 25.8. The van der Waals surface area contributed by atoms with Gasteiger partial charge in [0, 0.05) is 19.1 Å². The average Bonchev–Trinajstić information content (AvgIpc) is 3.10. The molecular formula is C20H30F3NO6S. The van der Waals surface area contributed by atoms with Crippen LogP contribution in [0.1, 0.15) is 71.3 Å². The maximum atomic E-state index is 12.7. The summed E-state index contributed by atoms with van der Waals surface area (Å²) in [5, 5.41) is 3.95. The van der Waals surface area contributed by atoms with E-state index in [9.17, 15) is 26.4 Å². The first-order valence-electron chi connectivity index (χ1n) is 10.2. The van der Waals surface area contributed by atoms with Crippen LogP contribution in [0.4, 0.5) is 13.2 Å². The van der Waals surface area contributed by atoms with Crippen molar-refractivity contribution in [1.82, 2.24) is 5.16 Å². The monoisotopic (exact) mass is 469 g/mol. The molecule has 1 atom stereocenters. The number of carbonyl (C=O) groups is 1. The summed E-state index contributed by atoms with van der Waals surface area (Å²) in [6.45, 7) is 6.57. The topological polar surface area (TPSA) is 95.7 Å². The molecule has 1 aliphatic heterocycles. The molecule has 0 amide bonds. The van der Waals surface area contributed by atoms with Crippen LogP contribution in [0.15, 0.2) is 10.6 Å². The van der Waals surface area contributed by atoms with Crippen molar-refractivity contribution in [2.24, 2.45) is 0 Å². The zero-order valence-electron chi connectivity index (χ0n) is 18.3. The van der Waals surface area contributed by atoms with Gasteiger partial charge in [0.05, 0.1) is 12.2 Å². The molecule has 2 heterocycles. The fraction of sp³-hybridized carbons (Fsp3) is 0.800. The molecule has 178 valence electrons. The van der Waals surface area contributed by atoms with E-state index in [1.807, 2.05) is 0 Å². The molecule has 1 aliphatic rings. The van der Waals surface area contributed by atoms with Gasteiger partial charge >= 0.3 is 6.18 Å². The minimum atomic E-state index is -4.45. The zero-order chi connectivity index (χ0) is 23.5. The van der Waals surface area contributed by atoms with Crippen LogP contribution in [0.5, 0.6) is 0 Å². The number of aromatic nitrogens is 1. The Kier molecular flexibility index (Phi) is 7.97. The number of sulfone groups is 1. The lowest BCUT2D eigenvalue weighted by atomic mass is 10.0. The Bertz CT molecular complexity index is 855. The highest BCUT2D eigenvalue weighted by molar-refractivity contribution is 7.93. The van der Waals surface area contributed by atoms with Gasteiger partial charge in [-0.1, -0.05) is 5.16 Å². The highest BCUT2D eigenvalue weighted by atomic mass is 32.2. The van der Waals surface area contributed by atoms with E-state index in [-0.39, 0.29) is 18.5 Å². The van der Waals surface area contributed by atoms with Gasteiger partial charge in [0.2, 0.25) is 0 Å². The minimum absolute atomic E-state index is 0.153. The molecule has 1 aromatic heterocycles. The summed E-state index contributed by atoms with van der Waals surface area (Å²) in [7, 11) is -4.10. The van der Waals surface area contributed by atoms with Gasteiger partial charge in [-0.05, 0) is 53.4 Å². The van der Waals surface area contributed by atoms with Crippen LogP contribution in [-0.4, -0.2) is 48.9 Å². The van der Waals surface area contributed by atoms with Crippen molar-refractivity contribution in [2.45, 2.75) is 89.0 Å². The number of Topliss-reactive ketones (excluding diaryl/α,β-unsaturated/α-hetero) is 1. The molecule has 7 nitrogen and oxygen atoms in total. The SMILES string of the molecule is CC(C)(OC1CCCCO1)c1cc(CC(=O)C(C)(C)S(=O)(=O)CCCC(F)(F)F)on1. The lowest BCUT2D eigenvalue weighted by molar-refractivity contribution is -0.220. The Balaban J connectivity index is 2.02. The molecule has 0 radical (unpaired) electrons. The average molecular weight is 470 g/mol. The Morgan fingerprint density at radius 1 is 1.23 bits per heavy atom. The fourth-order valence-electron chi connectivity index (χ4n) is 3.14. The van der Waals surface area contributed by atoms with Crippen molar-refractivity contribution in [3.05, 3.63) is 17.5 Å². The van der Waals surface area contributed by atoms with Crippen LogP contribution < -0.4 is 0 Å². The molecule has 31 heavy (non-hydrogen) atoms. The molecular weight excluding hydrogens is 439 g/mol. The number of nitrogens with zero attached hydrogens (tertiary/aromatic N) is 1. The molecule has 2 rings (SSSR count). The van der Waals surface area contributed by atoms with Crippen LogP contribution in [0, 0.1) is 0 Å². The summed E-state index contributed by atoms with van der Waals surface area (Å²) in [5.41, 5.74) is -0.429. The number of alkyl halides is 3. The van der Waals surface area contributed by atoms with Gasteiger partial charge in [0.25, 0.3) is 0 Å². The van der Waals surface area contributed by atoms with E-state index >= 15 is 0 Å². The third-order valence-corrected chi connectivity index (χ3v) is 8.01. The molecule has 0 aromatic carbocycles. The van der Waals surface area contributed by atoms with Gasteiger partial charge in [0.15, 0.2) is 21.9 Å². The van der Waals surface area contributed by atoms with Gasteiger partial charge in [-0.25, -0.2) is 8.42 Å². The second-order valence-corrected chi connectivity index (χ2v) is 11.4. The van der Waals surface area contributed by atoms with Crippen molar-refractivity contribution in [1.29, 1.82) is 0 Å². The lowest BCUT2D eigenvalue weighted by Crippen LogP contribution is -2.43. The van der Waals surface area contributed by atoms with E-state index in [4.69, 9.17) is 14.0 Å². The second kappa shape index (κ2) is 9.58. The van der Waals surface area contributed by atoms with Gasteiger partial charge in [-0.15, -0.1) is 0 Å². The van der Waals surface area contributed by atoms with Crippen LogP contribution in [0.25, 0.3) is 0 Å². The summed E-state index contributed by atoms with van der Waals surface area (Å²) in [4.78, 5) is 12.7. The van der Waals surface area contributed by atoms with Crippen LogP contribution in [-0.2, 0) is 36.1 Å². The Hall–Kier alpha value is -1.46. The van der Waals surface area contributed by atoms with Gasteiger partial charge in [-0.2, -0.15) is 13.2 Å². The summed E-state index contributed by atoms with van der Waals surface area (Å²) in [6, 6.07) is 1.52. The third kappa shape index (κ3) is 7.01. The van der Waals surface area contributed by atoms with Crippen molar-refractivity contribution in [2.75, 3.05) is 12.4 Å². The van der Waals surface area contributed by atoms with E-state index in [0.717, 1.165) is 19.3 Å². The predicted molar refractivity (Wildman–Crippen MR) is 106 cm³/mol. The molecule has 0 aliphatic carbocycles. The number of halogens is 3. The number of ether oxygens (including phenoxy) is 2. The van der Waals surface area contributed by atoms with Crippen molar-refractivity contribution < 1.29 is 40.4 Å². The van der Waals surface area contributed by atoms with E-state index in [0.29, 0.717) is 12.3 Å². The van der Waals surface area contributed by atoms with E-state index < -0.39 is 50.7 Å². The molecule has 0 saturated carbocycles. The number of hydrogen-bond donors (Lipinski definition) is 0. The normalized spacial score (nSPS) is 18.9. The van der Waals surface area contributed by atoms with Crippen LogP contribution in [0.3, 0.4) is 0 Å². The van der Waals surface area contributed by atoms with Gasteiger partial charge in [-0.3, -0.25) is 4.79 Å². The third-order valence-electron chi connectivity index (χ3n) is 5.40. The Labute approximate surface area is 180 Å². The molecule has 0 spiro atoms. The Morgan fingerprint density at radius 2 is 1.90 bits per heavy atom. The minimum Gasteiger partial charge on any atom is -0.361 e. The number of rotatable bonds is 10. The van der Waals surface area contributed by atoms with E-state index in [1.165, 1.54) is 19.9 Å². The molecule has 1 aromatic rings. The van der Waals surface area contributed by atoms with Crippen LogP contribution >= 0.6 is 0 Å². The maximum absolute atomic E-state index is 12.7.